The van der Waals surface area contributed by atoms with Crippen LogP contribution in [-0.4, -0.2) is 11.8 Å². The van der Waals surface area contributed by atoms with E-state index < -0.39 is 6.04 Å². The van der Waals surface area contributed by atoms with Gasteiger partial charge in [-0.1, -0.05) is 0 Å². The maximum Gasteiger partial charge on any atom is 0.236 e. The maximum atomic E-state index is 10.9. The number of carbonyl (C=O) groups is 1. The minimum Gasteiger partial charge on any atom is -0.336 e. The van der Waals surface area contributed by atoms with Crippen LogP contribution in [0.15, 0.2) is 16.8 Å². The van der Waals surface area contributed by atoms with Gasteiger partial charge in [0.05, 0.1) is 6.07 Å². The van der Waals surface area contributed by atoms with E-state index in [2.05, 4.69) is 5.32 Å². The summed E-state index contributed by atoms with van der Waals surface area (Å²) in [5, 5.41) is 14.9. The highest BCUT2D eigenvalue weighted by atomic mass is 35.5. The van der Waals surface area contributed by atoms with Gasteiger partial charge in [-0.25, -0.2) is 0 Å². The Morgan fingerprint density at radius 1 is 1.85 bits per heavy atom. The first-order valence-corrected chi connectivity index (χ1v) is 5.02. The Morgan fingerprint density at radius 2 is 2.62 bits per heavy atom. The number of amides is 1. The highest BCUT2D eigenvalue weighted by molar-refractivity contribution is 7.08. The second-order valence-electron chi connectivity index (χ2n) is 2.32. The quantitative estimate of drug-likeness (QED) is 0.779. The Morgan fingerprint density at radius 3 is 3.08 bits per heavy atom. The van der Waals surface area contributed by atoms with Crippen LogP contribution in [0.2, 0.25) is 0 Å². The molecule has 0 aliphatic heterocycles. The van der Waals surface area contributed by atoms with Gasteiger partial charge in [-0.3, -0.25) is 4.79 Å². The van der Waals surface area contributed by atoms with Crippen LogP contribution in [0.3, 0.4) is 0 Å². The van der Waals surface area contributed by atoms with Crippen LogP contribution in [0.25, 0.3) is 0 Å². The normalized spacial score (nSPS) is 11.7. The van der Waals surface area contributed by atoms with Crippen molar-refractivity contribution < 1.29 is 4.79 Å². The van der Waals surface area contributed by atoms with Crippen molar-refractivity contribution in [2.24, 2.45) is 0 Å². The third-order valence-electron chi connectivity index (χ3n) is 1.43. The van der Waals surface area contributed by atoms with Gasteiger partial charge in [0.15, 0.2) is 0 Å². The zero-order valence-corrected chi connectivity index (χ0v) is 8.23. The molecule has 1 N–H and O–H groups in total. The number of carbonyl (C=O) groups excluding carboxylic acids is 1. The van der Waals surface area contributed by atoms with E-state index in [1.165, 1.54) is 11.3 Å². The molecule has 0 spiro atoms. The lowest BCUT2D eigenvalue weighted by molar-refractivity contribution is -0.119. The minimum absolute atomic E-state index is 0.123. The van der Waals surface area contributed by atoms with E-state index in [1.54, 1.807) is 6.07 Å². The molecule has 1 aromatic heterocycles. The number of hydrogen-bond donors (Lipinski definition) is 1. The van der Waals surface area contributed by atoms with Gasteiger partial charge < -0.3 is 5.32 Å². The molecule has 0 aliphatic rings. The molecule has 1 amide bonds. The molecule has 1 atom stereocenters. The third-order valence-corrected chi connectivity index (χ3v) is 2.38. The summed E-state index contributed by atoms with van der Waals surface area (Å²) < 4.78 is 0. The van der Waals surface area contributed by atoms with E-state index in [-0.39, 0.29) is 11.8 Å². The Bertz CT molecular complexity index is 317. The molecule has 0 saturated carbocycles. The van der Waals surface area contributed by atoms with Crippen molar-refractivity contribution in [1.82, 2.24) is 5.32 Å². The molecule has 5 heteroatoms. The molecule has 1 aromatic rings. The van der Waals surface area contributed by atoms with E-state index in [4.69, 9.17) is 16.9 Å². The predicted octanol–water partition coefficient (Wildman–Crippen LogP) is 1.67. The summed E-state index contributed by atoms with van der Waals surface area (Å²) in [7, 11) is 0. The van der Waals surface area contributed by atoms with Crippen molar-refractivity contribution >= 4 is 28.8 Å². The molecular formula is C8H7ClN2OS. The smallest absolute Gasteiger partial charge is 0.236 e. The summed E-state index contributed by atoms with van der Waals surface area (Å²) in [5.74, 6) is -0.457. The van der Waals surface area contributed by atoms with Crippen LogP contribution >= 0.6 is 22.9 Å². The van der Waals surface area contributed by atoms with E-state index in [0.29, 0.717) is 0 Å². The monoisotopic (exact) mass is 214 g/mol. The highest BCUT2D eigenvalue weighted by Gasteiger charge is 2.12. The number of nitrogens with zero attached hydrogens (tertiary/aromatic N) is 1. The zero-order valence-electron chi connectivity index (χ0n) is 6.66. The standard InChI is InChI=1S/C8H7ClN2OS/c9-3-8(12)11-7(4-10)6-1-2-13-5-6/h1-2,5,7H,3H2,(H,11,12). The van der Waals surface area contributed by atoms with Gasteiger partial charge >= 0.3 is 0 Å². The molecule has 68 valence electrons. The Labute approximate surface area is 84.9 Å². The average Bonchev–Trinajstić information content (AvgIpc) is 2.66. The summed E-state index contributed by atoms with van der Waals surface area (Å²) in [5.41, 5.74) is 0.797. The number of nitriles is 1. The molecule has 1 heterocycles. The Balaban J connectivity index is 2.66. The van der Waals surface area contributed by atoms with Gasteiger partial charge in [0.2, 0.25) is 5.91 Å². The third kappa shape index (κ3) is 2.72. The first-order valence-electron chi connectivity index (χ1n) is 3.55. The lowest BCUT2D eigenvalue weighted by Gasteiger charge is -2.07. The lowest BCUT2D eigenvalue weighted by Crippen LogP contribution is -2.28. The van der Waals surface area contributed by atoms with Gasteiger partial charge in [-0.05, 0) is 22.4 Å². The maximum absolute atomic E-state index is 10.9. The predicted molar refractivity (Wildman–Crippen MR) is 51.5 cm³/mol. The molecule has 0 aromatic carbocycles. The summed E-state index contributed by atoms with van der Waals surface area (Å²) in [6, 6.07) is 3.20. The molecular weight excluding hydrogens is 208 g/mol. The molecule has 1 rings (SSSR count). The van der Waals surface area contributed by atoms with Gasteiger partial charge in [0, 0.05) is 0 Å². The van der Waals surface area contributed by atoms with E-state index in [0.717, 1.165) is 5.56 Å². The zero-order chi connectivity index (χ0) is 9.68. The number of alkyl halides is 1. The molecule has 3 nitrogen and oxygen atoms in total. The molecule has 0 aliphatic carbocycles. The van der Waals surface area contributed by atoms with Crippen LogP contribution < -0.4 is 5.32 Å². The van der Waals surface area contributed by atoms with Crippen molar-refractivity contribution in [3.05, 3.63) is 22.4 Å². The van der Waals surface area contributed by atoms with Crippen molar-refractivity contribution in [2.75, 3.05) is 5.88 Å². The van der Waals surface area contributed by atoms with Crippen LogP contribution in [0, 0.1) is 11.3 Å². The summed E-state index contributed by atoms with van der Waals surface area (Å²) in [6.07, 6.45) is 0. The van der Waals surface area contributed by atoms with Gasteiger partial charge in [0.25, 0.3) is 0 Å². The number of hydrogen-bond acceptors (Lipinski definition) is 3. The van der Waals surface area contributed by atoms with Crippen molar-refractivity contribution in [3.63, 3.8) is 0 Å². The second-order valence-corrected chi connectivity index (χ2v) is 3.37. The van der Waals surface area contributed by atoms with Crippen LogP contribution in [0.4, 0.5) is 0 Å². The fourth-order valence-electron chi connectivity index (χ4n) is 0.829. The van der Waals surface area contributed by atoms with Gasteiger partial charge in [-0.2, -0.15) is 16.6 Å². The first kappa shape index (κ1) is 10.0. The Hall–Kier alpha value is -1.05. The fourth-order valence-corrected chi connectivity index (χ4v) is 1.59. The van der Waals surface area contributed by atoms with Gasteiger partial charge in [-0.15, -0.1) is 11.6 Å². The average molecular weight is 215 g/mol. The molecule has 1 unspecified atom stereocenters. The van der Waals surface area contributed by atoms with Crippen LogP contribution in [-0.2, 0) is 4.79 Å². The number of rotatable bonds is 3. The number of nitrogens with one attached hydrogen (secondary N) is 1. The van der Waals surface area contributed by atoms with E-state index in [9.17, 15) is 4.79 Å². The summed E-state index contributed by atoms with van der Waals surface area (Å²) in [4.78, 5) is 10.9. The van der Waals surface area contributed by atoms with Gasteiger partial charge in [0.1, 0.15) is 11.9 Å². The molecule has 13 heavy (non-hydrogen) atoms. The summed E-state index contributed by atoms with van der Waals surface area (Å²) in [6.45, 7) is 0. The molecule has 0 saturated heterocycles. The van der Waals surface area contributed by atoms with Crippen molar-refractivity contribution in [2.45, 2.75) is 6.04 Å². The van der Waals surface area contributed by atoms with Crippen LogP contribution in [0.5, 0.6) is 0 Å². The second kappa shape index (κ2) is 4.85. The molecule has 0 fully saturated rings. The van der Waals surface area contributed by atoms with Crippen LogP contribution in [0.1, 0.15) is 11.6 Å². The van der Waals surface area contributed by atoms with E-state index in [1.807, 2.05) is 16.8 Å². The molecule has 0 bridgehead atoms. The first-order chi connectivity index (χ1) is 6.27. The highest BCUT2D eigenvalue weighted by Crippen LogP contribution is 2.15. The Kier molecular flexibility index (Phi) is 3.74. The SMILES string of the molecule is N#CC(NC(=O)CCl)c1ccsc1. The van der Waals surface area contributed by atoms with Crippen molar-refractivity contribution in [3.8, 4) is 6.07 Å². The minimum atomic E-state index is -0.586. The summed E-state index contributed by atoms with van der Waals surface area (Å²) >= 11 is 6.78. The lowest BCUT2D eigenvalue weighted by atomic mass is 10.2. The fraction of sp³-hybridized carbons (Fsp3) is 0.250. The van der Waals surface area contributed by atoms with E-state index >= 15 is 0 Å². The van der Waals surface area contributed by atoms with Crippen molar-refractivity contribution in [1.29, 1.82) is 5.26 Å². The number of halogens is 1. The number of thiophene rings is 1. The molecule has 0 radical (unpaired) electrons. The largest absolute Gasteiger partial charge is 0.336 e. The topological polar surface area (TPSA) is 52.9 Å².